The van der Waals surface area contributed by atoms with Gasteiger partial charge in [0.15, 0.2) is 0 Å². The number of anilines is 1. The molecule has 0 aliphatic rings. The third-order valence-electron chi connectivity index (χ3n) is 3.30. The lowest BCUT2D eigenvalue weighted by molar-refractivity contribution is -0.385. The Morgan fingerprint density at radius 1 is 1.35 bits per heavy atom. The summed E-state index contributed by atoms with van der Waals surface area (Å²) in [6, 6.07) is 5.01. The Balaban J connectivity index is 2.22. The third-order valence-corrected chi connectivity index (χ3v) is 3.30. The van der Waals surface area contributed by atoms with E-state index >= 15 is 0 Å². The lowest BCUT2D eigenvalue weighted by Gasteiger charge is -2.15. The van der Waals surface area contributed by atoms with Gasteiger partial charge in [-0.25, -0.2) is 0 Å². The van der Waals surface area contributed by atoms with Crippen molar-refractivity contribution in [3.8, 4) is 0 Å². The number of nitro benzene ring substituents is 1. The monoisotopic (exact) mass is 275 g/mol. The summed E-state index contributed by atoms with van der Waals surface area (Å²) in [6.45, 7) is 7.49. The molecule has 0 fully saturated rings. The van der Waals surface area contributed by atoms with E-state index < -0.39 is 0 Å². The molecule has 2 aromatic rings. The molecule has 1 aromatic heterocycles. The van der Waals surface area contributed by atoms with Gasteiger partial charge in [-0.2, -0.15) is 0 Å². The number of benzene rings is 1. The van der Waals surface area contributed by atoms with Gasteiger partial charge >= 0.3 is 0 Å². The number of aromatic nitrogens is 1. The Morgan fingerprint density at radius 3 is 2.55 bits per heavy atom. The van der Waals surface area contributed by atoms with Gasteiger partial charge in [0.2, 0.25) is 0 Å². The molecule has 1 atom stereocenters. The highest BCUT2D eigenvalue weighted by molar-refractivity contribution is 5.54. The predicted molar refractivity (Wildman–Crippen MR) is 75.8 cm³/mol. The minimum Gasteiger partial charge on any atom is -0.378 e. The van der Waals surface area contributed by atoms with Crippen LogP contribution in [0.25, 0.3) is 0 Å². The van der Waals surface area contributed by atoms with Gasteiger partial charge in [0, 0.05) is 22.9 Å². The van der Waals surface area contributed by atoms with E-state index in [1.807, 2.05) is 20.8 Å². The molecule has 0 amide bonds. The SMILES string of the molecule is Cc1cc(NC(C)c2c(C)noc2C)ccc1[N+](=O)[O-]. The van der Waals surface area contributed by atoms with Gasteiger partial charge in [-0.1, -0.05) is 5.16 Å². The van der Waals surface area contributed by atoms with Crippen LogP contribution in [0.5, 0.6) is 0 Å². The van der Waals surface area contributed by atoms with E-state index in [0.717, 1.165) is 22.7 Å². The molecule has 0 aliphatic carbocycles. The molecule has 0 saturated heterocycles. The summed E-state index contributed by atoms with van der Waals surface area (Å²) in [5.41, 5.74) is 3.45. The van der Waals surface area contributed by atoms with Crippen LogP contribution in [0.1, 0.15) is 35.5 Å². The number of nitrogens with one attached hydrogen (secondary N) is 1. The van der Waals surface area contributed by atoms with E-state index in [-0.39, 0.29) is 16.7 Å². The number of hydrogen-bond acceptors (Lipinski definition) is 5. The van der Waals surface area contributed by atoms with E-state index in [1.165, 1.54) is 6.07 Å². The minimum atomic E-state index is -0.378. The Hall–Kier alpha value is -2.37. The number of aryl methyl sites for hydroxylation is 3. The topological polar surface area (TPSA) is 81.2 Å². The molecule has 0 spiro atoms. The Bertz CT molecular complexity index is 630. The summed E-state index contributed by atoms with van der Waals surface area (Å²) in [6.07, 6.45) is 0. The quantitative estimate of drug-likeness (QED) is 0.680. The van der Waals surface area contributed by atoms with Gasteiger partial charge in [-0.3, -0.25) is 10.1 Å². The molecule has 0 radical (unpaired) electrons. The minimum absolute atomic E-state index is 0.0158. The van der Waals surface area contributed by atoms with Crippen LogP contribution in [-0.4, -0.2) is 10.1 Å². The third kappa shape index (κ3) is 2.64. The summed E-state index contributed by atoms with van der Waals surface area (Å²) in [5, 5.41) is 18.0. The highest BCUT2D eigenvalue weighted by atomic mass is 16.6. The van der Waals surface area contributed by atoms with Crippen LogP contribution in [-0.2, 0) is 0 Å². The van der Waals surface area contributed by atoms with Crippen molar-refractivity contribution in [2.24, 2.45) is 0 Å². The standard InChI is InChI=1S/C14H17N3O3/c1-8-7-12(5-6-13(8)17(18)19)15-9(2)14-10(3)16-20-11(14)4/h5-7,9,15H,1-4H3. The molecule has 106 valence electrons. The number of nitrogens with zero attached hydrogens (tertiary/aromatic N) is 2. The van der Waals surface area contributed by atoms with Crippen LogP contribution in [0, 0.1) is 30.9 Å². The second-order valence-electron chi connectivity index (χ2n) is 4.86. The Morgan fingerprint density at radius 2 is 2.05 bits per heavy atom. The lowest BCUT2D eigenvalue weighted by atomic mass is 10.1. The zero-order valence-corrected chi connectivity index (χ0v) is 11.9. The fourth-order valence-corrected chi connectivity index (χ4v) is 2.38. The van der Waals surface area contributed by atoms with Crippen LogP contribution in [0.15, 0.2) is 22.7 Å². The van der Waals surface area contributed by atoms with Crippen molar-refractivity contribution in [1.82, 2.24) is 5.16 Å². The zero-order chi connectivity index (χ0) is 14.9. The van der Waals surface area contributed by atoms with Crippen molar-refractivity contribution in [3.05, 3.63) is 50.9 Å². The lowest BCUT2D eigenvalue weighted by Crippen LogP contribution is -2.08. The number of rotatable bonds is 4. The van der Waals surface area contributed by atoms with E-state index in [2.05, 4.69) is 10.5 Å². The molecule has 0 bridgehead atoms. The molecule has 0 aliphatic heterocycles. The summed E-state index contributed by atoms with van der Waals surface area (Å²) in [5.74, 6) is 0.779. The Kier molecular flexibility index (Phi) is 3.74. The zero-order valence-electron chi connectivity index (χ0n) is 11.9. The van der Waals surface area contributed by atoms with Crippen molar-refractivity contribution in [1.29, 1.82) is 0 Å². The molecule has 6 nitrogen and oxygen atoms in total. The second-order valence-corrected chi connectivity index (χ2v) is 4.86. The van der Waals surface area contributed by atoms with Crippen LogP contribution >= 0.6 is 0 Å². The summed E-state index contributed by atoms with van der Waals surface area (Å²) in [4.78, 5) is 10.4. The summed E-state index contributed by atoms with van der Waals surface area (Å²) >= 11 is 0. The highest BCUT2D eigenvalue weighted by Gasteiger charge is 2.17. The van der Waals surface area contributed by atoms with Gasteiger partial charge in [0.25, 0.3) is 5.69 Å². The molecule has 2 rings (SSSR count). The fraction of sp³-hybridized carbons (Fsp3) is 0.357. The van der Waals surface area contributed by atoms with Crippen molar-refractivity contribution < 1.29 is 9.45 Å². The number of nitro groups is 1. The van der Waals surface area contributed by atoms with Gasteiger partial charge in [-0.05, 0) is 39.8 Å². The average molecular weight is 275 g/mol. The largest absolute Gasteiger partial charge is 0.378 e. The van der Waals surface area contributed by atoms with E-state index in [1.54, 1.807) is 19.1 Å². The van der Waals surface area contributed by atoms with Crippen LogP contribution < -0.4 is 5.32 Å². The highest BCUT2D eigenvalue weighted by Crippen LogP contribution is 2.27. The van der Waals surface area contributed by atoms with E-state index in [9.17, 15) is 10.1 Å². The van der Waals surface area contributed by atoms with Crippen molar-refractivity contribution >= 4 is 11.4 Å². The van der Waals surface area contributed by atoms with Crippen LogP contribution in [0.3, 0.4) is 0 Å². The molecule has 6 heteroatoms. The normalized spacial score (nSPS) is 12.2. The second kappa shape index (κ2) is 5.32. The fourth-order valence-electron chi connectivity index (χ4n) is 2.38. The average Bonchev–Trinajstić information content (AvgIpc) is 2.68. The molecule has 1 N–H and O–H groups in total. The van der Waals surface area contributed by atoms with Crippen LogP contribution in [0.2, 0.25) is 0 Å². The first kappa shape index (κ1) is 14.0. The maximum atomic E-state index is 10.8. The van der Waals surface area contributed by atoms with E-state index in [4.69, 9.17) is 4.52 Å². The molecule has 1 aromatic carbocycles. The van der Waals surface area contributed by atoms with Crippen molar-refractivity contribution in [2.45, 2.75) is 33.7 Å². The first-order chi connectivity index (χ1) is 9.40. The smallest absolute Gasteiger partial charge is 0.272 e. The molecule has 1 heterocycles. The molecule has 0 saturated carbocycles. The summed E-state index contributed by atoms with van der Waals surface area (Å²) in [7, 11) is 0. The maximum absolute atomic E-state index is 10.8. The van der Waals surface area contributed by atoms with Crippen LogP contribution in [0.4, 0.5) is 11.4 Å². The van der Waals surface area contributed by atoms with Crippen molar-refractivity contribution in [2.75, 3.05) is 5.32 Å². The van der Waals surface area contributed by atoms with Gasteiger partial charge in [0.1, 0.15) is 5.76 Å². The van der Waals surface area contributed by atoms with Gasteiger partial charge in [-0.15, -0.1) is 0 Å². The molecular formula is C14H17N3O3. The van der Waals surface area contributed by atoms with Crippen molar-refractivity contribution in [3.63, 3.8) is 0 Å². The maximum Gasteiger partial charge on any atom is 0.272 e. The Labute approximate surface area is 116 Å². The van der Waals surface area contributed by atoms with Gasteiger partial charge in [0.05, 0.1) is 16.7 Å². The first-order valence-electron chi connectivity index (χ1n) is 6.34. The number of hydrogen-bond donors (Lipinski definition) is 1. The molecule has 1 unspecified atom stereocenters. The first-order valence-corrected chi connectivity index (χ1v) is 6.34. The summed E-state index contributed by atoms with van der Waals surface area (Å²) < 4.78 is 5.15. The molecule has 20 heavy (non-hydrogen) atoms. The van der Waals surface area contributed by atoms with Gasteiger partial charge < -0.3 is 9.84 Å². The molecular weight excluding hydrogens is 258 g/mol. The predicted octanol–water partition coefficient (Wildman–Crippen LogP) is 3.68. The van der Waals surface area contributed by atoms with E-state index in [0.29, 0.717) is 5.56 Å².